The van der Waals surface area contributed by atoms with Crippen LogP contribution in [0.2, 0.25) is 5.02 Å². The third-order valence-corrected chi connectivity index (χ3v) is 4.36. The van der Waals surface area contributed by atoms with Crippen molar-refractivity contribution in [3.05, 3.63) is 46.6 Å². The van der Waals surface area contributed by atoms with E-state index in [-0.39, 0.29) is 0 Å². The van der Waals surface area contributed by atoms with Crippen LogP contribution in [-0.4, -0.2) is 21.7 Å². The molecule has 0 fully saturated rings. The Morgan fingerprint density at radius 2 is 2.17 bits per heavy atom. The maximum absolute atomic E-state index is 5.99. The number of allylic oxidation sites excluding steroid dienone is 1. The number of hydrogen-bond donors (Lipinski definition) is 2. The van der Waals surface area contributed by atoms with Crippen molar-refractivity contribution in [3.63, 3.8) is 0 Å². The molecule has 0 spiro atoms. The molecule has 126 valence electrons. The number of aromatic nitrogens is 3. The predicted molar refractivity (Wildman–Crippen MR) is 99.0 cm³/mol. The molecule has 0 unspecified atom stereocenters. The summed E-state index contributed by atoms with van der Waals surface area (Å²) in [5, 5.41) is 15.3. The van der Waals surface area contributed by atoms with Crippen LogP contribution in [0.15, 0.2) is 36.0 Å². The highest BCUT2D eigenvalue weighted by Crippen LogP contribution is 2.23. The van der Waals surface area contributed by atoms with Crippen LogP contribution < -0.4 is 10.6 Å². The minimum Gasteiger partial charge on any atom is -0.353 e. The third-order valence-electron chi connectivity index (χ3n) is 4.12. The largest absolute Gasteiger partial charge is 0.353 e. The molecule has 0 bridgehead atoms. The molecule has 0 aliphatic heterocycles. The number of rotatable bonds is 6. The van der Waals surface area contributed by atoms with E-state index in [2.05, 4.69) is 31.9 Å². The van der Waals surface area contributed by atoms with Gasteiger partial charge in [0, 0.05) is 17.3 Å². The van der Waals surface area contributed by atoms with Crippen molar-refractivity contribution < 1.29 is 0 Å². The number of halogens is 1. The molecule has 24 heavy (non-hydrogen) atoms. The lowest BCUT2D eigenvalue weighted by atomic mass is 9.97. The maximum Gasteiger partial charge on any atom is 0.244 e. The van der Waals surface area contributed by atoms with E-state index < -0.39 is 0 Å². The number of aryl methyl sites for hydroxylation is 1. The van der Waals surface area contributed by atoms with E-state index in [1.54, 1.807) is 6.20 Å². The fourth-order valence-electron chi connectivity index (χ4n) is 2.81. The summed E-state index contributed by atoms with van der Waals surface area (Å²) < 4.78 is 0. The first kappa shape index (κ1) is 16.7. The highest BCUT2D eigenvalue weighted by Gasteiger charge is 2.06. The fourth-order valence-corrected chi connectivity index (χ4v) is 3.04. The second-order valence-electron chi connectivity index (χ2n) is 6.03. The average molecular weight is 344 g/mol. The van der Waals surface area contributed by atoms with Gasteiger partial charge in [0.05, 0.1) is 6.20 Å². The number of anilines is 3. The lowest BCUT2D eigenvalue weighted by Crippen LogP contribution is -2.09. The monoisotopic (exact) mass is 343 g/mol. The van der Waals surface area contributed by atoms with E-state index in [9.17, 15) is 0 Å². The molecule has 0 saturated carbocycles. The molecule has 6 heteroatoms. The number of benzene rings is 1. The molecule has 5 nitrogen and oxygen atoms in total. The average Bonchev–Trinajstić information content (AvgIpc) is 2.59. The molecule has 1 aliphatic carbocycles. The van der Waals surface area contributed by atoms with Gasteiger partial charge in [-0.05, 0) is 62.8 Å². The zero-order valence-electron chi connectivity index (χ0n) is 13.8. The number of hydrogen-bond acceptors (Lipinski definition) is 5. The highest BCUT2D eigenvalue weighted by atomic mass is 35.5. The molecule has 0 atom stereocenters. The first-order chi connectivity index (χ1) is 11.7. The van der Waals surface area contributed by atoms with Crippen molar-refractivity contribution in [2.45, 2.75) is 39.0 Å². The molecule has 2 aromatic rings. The van der Waals surface area contributed by atoms with Crippen LogP contribution in [0.1, 0.15) is 37.7 Å². The molecule has 1 aromatic heterocycles. The zero-order chi connectivity index (χ0) is 16.8. The Balaban J connectivity index is 1.58. The molecule has 1 aromatic carbocycles. The van der Waals surface area contributed by atoms with Gasteiger partial charge >= 0.3 is 0 Å². The Morgan fingerprint density at radius 3 is 2.96 bits per heavy atom. The highest BCUT2D eigenvalue weighted by molar-refractivity contribution is 6.30. The Labute approximate surface area is 147 Å². The Morgan fingerprint density at radius 1 is 1.25 bits per heavy atom. The summed E-state index contributed by atoms with van der Waals surface area (Å²) in [5.41, 5.74) is 3.55. The first-order valence-corrected chi connectivity index (χ1v) is 8.73. The Kier molecular flexibility index (Phi) is 5.64. The minimum atomic E-state index is 0.544. The zero-order valence-corrected chi connectivity index (χ0v) is 14.6. The first-order valence-electron chi connectivity index (χ1n) is 8.35. The van der Waals surface area contributed by atoms with Crippen LogP contribution in [0.25, 0.3) is 0 Å². The number of nitrogens with one attached hydrogen (secondary N) is 2. The second kappa shape index (κ2) is 8.11. The van der Waals surface area contributed by atoms with E-state index in [1.165, 1.54) is 31.3 Å². The van der Waals surface area contributed by atoms with E-state index >= 15 is 0 Å². The molecular weight excluding hydrogens is 322 g/mol. The van der Waals surface area contributed by atoms with Gasteiger partial charge < -0.3 is 10.6 Å². The molecule has 0 radical (unpaired) electrons. The van der Waals surface area contributed by atoms with E-state index in [0.29, 0.717) is 11.8 Å². The van der Waals surface area contributed by atoms with Crippen LogP contribution >= 0.6 is 11.6 Å². The van der Waals surface area contributed by atoms with Crippen molar-refractivity contribution in [1.82, 2.24) is 15.2 Å². The van der Waals surface area contributed by atoms with Gasteiger partial charge in [0.2, 0.25) is 5.95 Å². The van der Waals surface area contributed by atoms with Crippen molar-refractivity contribution in [2.75, 3.05) is 17.2 Å². The van der Waals surface area contributed by atoms with Gasteiger partial charge in [-0.15, -0.1) is 5.10 Å². The van der Waals surface area contributed by atoms with E-state index in [1.807, 2.05) is 25.1 Å². The summed E-state index contributed by atoms with van der Waals surface area (Å²) in [4.78, 5) is 4.47. The molecule has 0 amide bonds. The van der Waals surface area contributed by atoms with E-state index in [4.69, 9.17) is 11.6 Å². The van der Waals surface area contributed by atoms with Crippen molar-refractivity contribution in [3.8, 4) is 0 Å². The summed E-state index contributed by atoms with van der Waals surface area (Å²) in [6, 6.07) is 5.69. The van der Waals surface area contributed by atoms with Crippen LogP contribution in [-0.2, 0) is 0 Å². The lowest BCUT2D eigenvalue weighted by Gasteiger charge is -2.13. The van der Waals surface area contributed by atoms with Crippen LogP contribution in [0, 0.1) is 6.92 Å². The molecule has 1 heterocycles. The molecule has 2 N–H and O–H groups in total. The quantitative estimate of drug-likeness (QED) is 0.732. The Hall–Kier alpha value is -2.14. The maximum atomic E-state index is 5.99. The van der Waals surface area contributed by atoms with Crippen molar-refractivity contribution >= 4 is 29.1 Å². The van der Waals surface area contributed by atoms with Gasteiger partial charge in [-0.2, -0.15) is 10.1 Å². The topological polar surface area (TPSA) is 62.7 Å². The smallest absolute Gasteiger partial charge is 0.244 e. The Bertz CT molecular complexity index is 729. The summed E-state index contributed by atoms with van der Waals surface area (Å²) >= 11 is 5.99. The van der Waals surface area contributed by atoms with Gasteiger partial charge in [-0.1, -0.05) is 23.3 Å². The molecular formula is C18H22ClN5. The van der Waals surface area contributed by atoms with Crippen molar-refractivity contribution in [2.24, 2.45) is 0 Å². The SMILES string of the molecule is Cc1cc(Cl)ccc1Nc1cnnc(NCCC2=CCCCC2)n1. The van der Waals surface area contributed by atoms with Gasteiger partial charge in [0.1, 0.15) is 0 Å². The van der Waals surface area contributed by atoms with Gasteiger partial charge in [-0.25, -0.2) is 0 Å². The summed E-state index contributed by atoms with van der Waals surface area (Å²) in [6.45, 7) is 2.83. The standard InChI is InChI=1S/C18H22ClN5/c1-13-11-15(19)7-8-16(13)22-17-12-21-24-18(23-17)20-10-9-14-5-3-2-4-6-14/h5,7-8,11-12H,2-4,6,9-10H2,1H3,(H2,20,22,23,24). The second-order valence-corrected chi connectivity index (χ2v) is 6.47. The summed E-state index contributed by atoms with van der Waals surface area (Å²) in [6.07, 6.45) is 10.1. The van der Waals surface area contributed by atoms with Gasteiger partial charge in [-0.3, -0.25) is 0 Å². The summed E-state index contributed by atoms with van der Waals surface area (Å²) in [5.74, 6) is 1.21. The van der Waals surface area contributed by atoms with Crippen LogP contribution in [0.3, 0.4) is 0 Å². The molecule has 3 rings (SSSR count). The van der Waals surface area contributed by atoms with Gasteiger partial charge in [0.25, 0.3) is 0 Å². The number of nitrogens with zero attached hydrogens (tertiary/aromatic N) is 3. The van der Waals surface area contributed by atoms with Crippen LogP contribution in [0.5, 0.6) is 0 Å². The molecule has 0 saturated heterocycles. The third kappa shape index (κ3) is 4.68. The van der Waals surface area contributed by atoms with E-state index in [0.717, 1.165) is 29.2 Å². The molecule has 1 aliphatic rings. The lowest BCUT2D eigenvalue weighted by molar-refractivity contribution is 0.679. The van der Waals surface area contributed by atoms with Gasteiger partial charge in [0.15, 0.2) is 5.82 Å². The fraction of sp³-hybridized carbons (Fsp3) is 0.389. The predicted octanol–water partition coefficient (Wildman–Crippen LogP) is 4.88. The normalized spacial score (nSPS) is 14.2. The summed E-state index contributed by atoms with van der Waals surface area (Å²) in [7, 11) is 0. The van der Waals surface area contributed by atoms with Crippen molar-refractivity contribution in [1.29, 1.82) is 0 Å². The minimum absolute atomic E-state index is 0.544. The van der Waals surface area contributed by atoms with Crippen LogP contribution in [0.4, 0.5) is 17.5 Å².